The zero-order valence-corrected chi connectivity index (χ0v) is 9.31. The number of aryl methyl sites for hydroxylation is 1. The molecule has 16 heavy (non-hydrogen) atoms. The van der Waals surface area contributed by atoms with Gasteiger partial charge in [-0.3, -0.25) is 0 Å². The lowest BCUT2D eigenvalue weighted by Gasteiger charge is -1.99. The van der Waals surface area contributed by atoms with Crippen molar-refractivity contribution in [1.82, 2.24) is 9.38 Å². The summed E-state index contributed by atoms with van der Waals surface area (Å²) in [5, 5.41) is 0. The van der Waals surface area contributed by atoms with Gasteiger partial charge in [-0.1, -0.05) is 0 Å². The van der Waals surface area contributed by atoms with Crippen molar-refractivity contribution in [3.05, 3.63) is 35.4 Å². The maximum atomic E-state index is 10.6. The van der Waals surface area contributed by atoms with Crippen LogP contribution in [0.2, 0.25) is 0 Å². The molecule has 1 aliphatic carbocycles. The van der Waals surface area contributed by atoms with Crippen LogP contribution in [-0.4, -0.2) is 15.7 Å². The molecule has 1 saturated carbocycles. The number of fused-ring (bicyclic) bond motifs is 1. The highest BCUT2D eigenvalue weighted by Crippen LogP contribution is 2.40. The second kappa shape index (κ2) is 3.44. The first-order chi connectivity index (χ1) is 7.79. The fourth-order valence-corrected chi connectivity index (χ4v) is 2.14. The van der Waals surface area contributed by atoms with Gasteiger partial charge in [0.15, 0.2) is 0 Å². The molecule has 0 amide bonds. The number of hydrogen-bond acceptors (Lipinski definition) is 2. The van der Waals surface area contributed by atoms with E-state index in [0.29, 0.717) is 12.3 Å². The summed E-state index contributed by atoms with van der Waals surface area (Å²) in [6.07, 6.45) is 5.88. The Balaban J connectivity index is 2.23. The fraction of sp³-hybridized carbons (Fsp3) is 0.385. The SMILES string of the molecule is Cc1ccn2c(C3CC3)nc(CC=O)c2c1. The first-order valence-corrected chi connectivity index (χ1v) is 5.70. The minimum atomic E-state index is 0.416. The number of nitrogens with zero attached hydrogens (tertiary/aromatic N) is 2. The van der Waals surface area contributed by atoms with E-state index in [0.717, 1.165) is 23.3 Å². The van der Waals surface area contributed by atoms with Crippen molar-refractivity contribution in [2.24, 2.45) is 0 Å². The van der Waals surface area contributed by atoms with E-state index in [1.54, 1.807) is 0 Å². The van der Waals surface area contributed by atoms with Gasteiger partial charge in [0.1, 0.15) is 12.1 Å². The van der Waals surface area contributed by atoms with Crippen LogP contribution in [-0.2, 0) is 11.2 Å². The van der Waals surface area contributed by atoms with Crippen molar-refractivity contribution >= 4 is 11.8 Å². The van der Waals surface area contributed by atoms with E-state index >= 15 is 0 Å². The Labute approximate surface area is 94.1 Å². The van der Waals surface area contributed by atoms with Gasteiger partial charge < -0.3 is 9.20 Å². The highest BCUT2D eigenvalue weighted by Gasteiger charge is 2.28. The summed E-state index contributed by atoms with van der Waals surface area (Å²) in [5.74, 6) is 1.74. The predicted octanol–water partition coefficient (Wildman–Crippen LogP) is 2.26. The van der Waals surface area contributed by atoms with E-state index in [1.165, 1.54) is 18.4 Å². The second-order valence-corrected chi connectivity index (χ2v) is 4.52. The lowest BCUT2D eigenvalue weighted by Crippen LogP contribution is -1.91. The molecular formula is C13H14N2O. The van der Waals surface area contributed by atoms with Crippen molar-refractivity contribution < 1.29 is 4.79 Å². The van der Waals surface area contributed by atoms with Crippen LogP contribution >= 0.6 is 0 Å². The summed E-state index contributed by atoms with van der Waals surface area (Å²) in [6.45, 7) is 2.06. The average molecular weight is 214 g/mol. The summed E-state index contributed by atoms with van der Waals surface area (Å²) in [5.41, 5.74) is 3.22. The van der Waals surface area contributed by atoms with Gasteiger partial charge in [0.05, 0.1) is 11.2 Å². The van der Waals surface area contributed by atoms with Gasteiger partial charge in [-0.2, -0.15) is 0 Å². The Morgan fingerprint density at radius 1 is 1.56 bits per heavy atom. The third kappa shape index (κ3) is 1.43. The number of aromatic nitrogens is 2. The molecule has 1 aliphatic rings. The number of hydrogen-bond donors (Lipinski definition) is 0. The Bertz CT molecular complexity index is 552. The van der Waals surface area contributed by atoms with Crippen molar-refractivity contribution in [2.75, 3.05) is 0 Å². The molecule has 2 aromatic rings. The number of imidazole rings is 1. The van der Waals surface area contributed by atoms with Gasteiger partial charge in [0.2, 0.25) is 0 Å². The minimum Gasteiger partial charge on any atom is -0.303 e. The molecule has 1 fully saturated rings. The summed E-state index contributed by atoms with van der Waals surface area (Å²) in [4.78, 5) is 15.3. The Morgan fingerprint density at radius 2 is 2.38 bits per heavy atom. The number of rotatable bonds is 3. The molecule has 0 radical (unpaired) electrons. The molecule has 3 nitrogen and oxygen atoms in total. The van der Waals surface area contributed by atoms with E-state index in [2.05, 4.69) is 34.6 Å². The van der Waals surface area contributed by atoms with Crippen LogP contribution in [0.15, 0.2) is 18.3 Å². The van der Waals surface area contributed by atoms with Gasteiger partial charge in [0.25, 0.3) is 0 Å². The van der Waals surface area contributed by atoms with Gasteiger partial charge in [0, 0.05) is 18.5 Å². The molecule has 0 saturated heterocycles. The Hall–Kier alpha value is -1.64. The number of pyridine rings is 1. The summed E-state index contributed by atoms with van der Waals surface area (Å²) in [6, 6.07) is 4.20. The van der Waals surface area contributed by atoms with Crippen molar-refractivity contribution in [3.8, 4) is 0 Å². The summed E-state index contributed by atoms with van der Waals surface area (Å²) < 4.78 is 2.14. The molecule has 2 aromatic heterocycles. The highest BCUT2D eigenvalue weighted by atomic mass is 16.1. The first kappa shape index (κ1) is 9.58. The van der Waals surface area contributed by atoms with Crippen molar-refractivity contribution in [3.63, 3.8) is 0 Å². The quantitative estimate of drug-likeness (QED) is 0.734. The maximum absolute atomic E-state index is 10.6. The molecule has 0 N–H and O–H groups in total. The number of carbonyl (C=O) groups excluding carboxylic acids is 1. The lowest BCUT2D eigenvalue weighted by molar-refractivity contribution is -0.107. The van der Waals surface area contributed by atoms with Crippen LogP contribution in [0.1, 0.15) is 35.8 Å². The van der Waals surface area contributed by atoms with E-state index in [-0.39, 0.29) is 0 Å². The lowest BCUT2D eigenvalue weighted by atomic mass is 10.2. The van der Waals surface area contributed by atoms with E-state index in [9.17, 15) is 4.79 Å². The van der Waals surface area contributed by atoms with E-state index < -0.39 is 0 Å². The van der Waals surface area contributed by atoms with Crippen LogP contribution in [0.4, 0.5) is 0 Å². The minimum absolute atomic E-state index is 0.416. The van der Waals surface area contributed by atoms with Crippen LogP contribution in [0.25, 0.3) is 5.52 Å². The molecule has 3 rings (SSSR count). The predicted molar refractivity (Wildman–Crippen MR) is 61.7 cm³/mol. The maximum Gasteiger partial charge on any atom is 0.126 e. The molecule has 3 heteroatoms. The molecule has 0 aliphatic heterocycles. The van der Waals surface area contributed by atoms with Crippen LogP contribution in [0, 0.1) is 6.92 Å². The van der Waals surface area contributed by atoms with Gasteiger partial charge in [-0.05, 0) is 37.5 Å². The third-order valence-corrected chi connectivity index (χ3v) is 3.12. The summed E-state index contributed by atoms with van der Waals surface area (Å²) in [7, 11) is 0. The topological polar surface area (TPSA) is 34.4 Å². The molecule has 0 unspecified atom stereocenters. The fourth-order valence-electron chi connectivity index (χ4n) is 2.14. The van der Waals surface area contributed by atoms with E-state index in [1.807, 2.05) is 0 Å². The molecule has 0 bridgehead atoms. The zero-order valence-electron chi connectivity index (χ0n) is 9.31. The normalized spacial score (nSPS) is 15.6. The number of carbonyl (C=O) groups is 1. The van der Waals surface area contributed by atoms with Crippen LogP contribution in [0.5, 0.6) is 0 Å². The molecule has 0 spiro atoms. The van der Waals surface area contributed by atoms with Crippen LogP contribution < -0.4 is 0 Å². The van der Waals surface area contributed by atoms with Gasteiger partial charge in [-0.15, -0.1) is 0 Å². The molecule has 2 heterocycles. The Morgan fingerprint density at radius 3 is 3.06 bits per heavy atom. The largest absolute Gasteiger partial charge is 0.303 e. The van der Waals surface area contributed by atoms with E-state index in [4.69, 9.17) is 0 Å². The van der Waals surface area contributed by atoms with Crippen molar-refractivity contribution in [2.45, 2.75) is 32.1 Å². The zero-order chi connectivity index (χ0) is 11.1. The number of aldehydes is 1. The molecule has 82 valence electrons. The average Bonchev–Trinajstić information content (AvgIpc) is 3.04. The highest BCUT2D eigenvalue weighted by molar-refractivity contribution is 5.64. The standard InChI is InChI=1S/C13H14N2O/c1-9-4-6-15-12(8-9)11(5-7-16)14-13(15)10-2-3-10/h4,6-8,10H,2-3,5H2,1H3. The molecule has 0 atom stereocenters. The monoisotopic (exact) mass is 214 g/mol. The van der Waals surface area contributed by atoms with Crippen molar-refractivity contribution in [1.29, 1.82) is 0 Å². The summed E-state index contributed by atoms with van der Waals surface area (Å²) >= 11 is 0. The third-order valence-electron chi connectivity index (χ3n) is 3.12. The smallest absolute Gasteiger partial charge is 0.126 e. The van der Waals surface area contributed by atoms with Gasteiger partial charge in [-0.25, -0.2) is 4.98 Å². The van der Waals surface area contributed by atoms with Crippen LogP contribution in [0.3, 0.4) is 0 Å². The Kier molecular flexibility index (Phi) is 2.06. The second-order valence-electron chi connectivity index (χ2n) is 4.52. The molecule has 0 aromatic carbocycles. The van der Waals surface area contributed by atoms with Gasteiger partial charge >= 0.3 is 0 Å². The molecular weight excluding hydrogens is 200 g/mol. The first-order valence-electron chi connectivity index (χ1n) is 5.70.